The number of hydrogen-bond acceptors (Lipinski definition) is 3. The van der Waals surface area contributed by atoms with Gasteiger partial charge in [-0.15, -0.1) is 0 Å². The fourth-order valence-electron chi connectivity index (χ4n) is 1.87. The van der Waals surface area contributed by atoms with Crippen molar-refractivity contribution >= 4 is 11.9 Å². The molecule has 0 aromatic rings. The Morgan fingerprint density at radius 3 is 2.41 bits per heavy atom. The van der Waals surface area contributed by atoms with E-state index in [2.05, 4.69) is 5.32 Å². The zero-order valence-electron chi connectivity index (χ0n) is 10.4. The molecule has 17 heavy (non-hydrogen) atoms. The monoisotopic (exact) mass is 243 g/mol. The van der Waals surface area contributed by atoms with E-state index in [0.717, 1.165) is 0 Å². The van der Waals surface area contributed by atoms with E-state index in [1.165, 1.54) is 0 Å². The van der Waals surface area contributed by atoms with Crippen LogP contribution in [0.2, 0.25) is 0 Å². The highest BCUT2D eigenvalue weighted by Crippen LogP contribution is 2.09. The molecule has 3 amide bonds. The Labute approximate surface area is 101 Å². The van der Waals surface area contributed by atoms with E-state index in [1.54, 1.807) is 4.90 Å². The average molecular weight is 243 g/mol. The van der Waals surface area contributed by atoms with Gasteiger partial charge in [0.2, 0.25) is 5.91 Å². The van der Waals surface area contributed by atoms with Crippen molar-refractivity contribution in [2.45, 2.75) is 26.3 Å². The lowest BCUT2D eigenvalue weighted by molar-refractivity contribution is -0.137. The van der Waals surface area contributed by atoms with Crippen molar-refractivity contribution < 1.29 is 14.3 Å². The molecule has 0 aromatic carbocycles. The molecule has 6 heteroatoms. The van der Waals surface area contributed by atoms with Gasteiger partial charge in [0, 0.05) is 13.1 Å². The number of rotatable bonds is 4. The molecule has 1 unspecified atom stereocenters. The molecule has 0 spiro atoms. The van der Waals surface area contributed by atoms with Gasteiger partial charge in [-0.3, -0.25) is 4.79 Å². The molecule has 0 radical (unpaired) electrons. The van der Waals surface area contributed by atoms with Gasteiger partial charge in [-0.1, -0.05) is 13.8 Å². The standard InChI is InChI=1S/C11H21N3O3/c1-8(2)7-9(13-11(12)16)10(15)14-3-5-17-6-4-14/h8-9H,3-7H2,1-2H3,(H3,12,13,16). The zero-order valence-corrected chi connectivity index (χ0v) is 10.4. The molecule has 1 heterocycles. The minimum atomic E-state index is -0.655. The van der Waals surface area contributed by atoms with E-state index in [1.807, 2.05) is 13.8 Å². The maximum absolute atomic E-state index is 12.2. The molecule has 0 aliphatic carbocycles. The van der Waals surface area contributed by atoms with E-state index < -0.39 is 12.1 Å². The summed E-state index contributed by atoms with van der Waals surface area (Å²) in [5.74, 6) is 0.248. The molecule has 6 nitrogen and oxygen atoms in total. The van der Waals surface area contributed by atoms with Crippen LogP contribution in [0.15, 0.2) is 0 Å². The second kappa shape index (κ2) is 6.44. The quantitative estimate of drug-likeness (QED) is 0.724. The number of hydrogen-bond donors (Lipinski definition) is 2. The Kier molecular flexibility index (Phi) is 5.21. The predicted octanol–water partition coefficient (Wildman–Crippen LogP) is -0.0718. The van der Waals surface area contributed by atoms with Gasteiger partial charge in [0.25, 0.3) is 0 Å². The Balaban J connectivity index is 2.60. The third-order valence-corrected chi connectivity index (χ3v) is 2.64. The number of nitrogens with one attached hydrogen (secondary N) is 1. The van der Waals surface area contributed by atoms with Gasteiger partial charge < -0.3 is 20.7 Å². The molecule has 1 atom stereocenters. The highest BCUT2D eigenvalue weighted by Gasteiger charge is 2.27. The number of nitrogens with two attached hydrogens (primary N) is 1. The van der Waals surface area contributed by atoms with Crippen LogP contribution in [0.4, 0.5) is 4.79 Å². The normalized spacial score (nSPS) is 17.9. The molecule has 1 aliphatic heterocycles. The fourth-order valence-corrected chi connectivity index (χ4v) is 1.87. The van der Waals surface area contributed by atoms with Crippen LogP contribution in [-0.4, -0.2) is 49.2 Å². The summed E-state index contributed by atoms with van der Waals surface area (Å²) in [4.78, 5) is 24.8. The molecule has 1 fully saturated rings. The highest BCUT2D eigenvalue weighted by atomic mass is 16.5. The highest BCUT2D eigenvalue weighted by molar-refractivity contribution is 5.86. The van der Waals surface area contributed by atoms with Crippen molar-refractivity contribution in [2.75, 3.05) is 26.3 Å². The van der Waals surface area contributed by atoms with Crippen LogP contribution in [0.25, 0.3) is 0 Å². The fraction of sp³-hybridized carbons (Fsp3) is 0.818. The number of urea groups is 1. The maximum Gasteiger partial charge on any atom is 0.312 e. The molecule has 1 aliphatic rings. The van der Waals surface area contributed by atoms with Gasteiger partial charge in [0.1, 0.15) is 6.04 Å². The minimum Gasteiger partial charge on any atom is -0.378 e. The van der Waals surface area contributed by atoms with Crippen LogP contribution in [0.1, 0.15) is 20.3 Å². The Morgan fingerprint density at radius 1 is 1.35 bits per heavy atom. The number of ether oxygens (including phenoxy) is 1. The maximum atomic E-state index is 12.2. The third-order valence-electron chi connectivity index (χ3n) is 2.64. The van der Waals surface area contributed by atoms with Crippen LogP contribution in [-0.2, 0) is 9.53 Å². The predicted molar refractivity (Wildman–Crippen MR) is 63.4 cm³/mol. The summed E-state index contributed by atoms with van der Waals surface area (Å²) in [5.41, 5.74) is 5.09. The second-order valence-corrected chi connectivity index (χ2v) is 4.63. The first-order valence-corrected chi connectivity index (χ1v) is 5.93. The van der Waals surface area contributed by atoms with Crippen LogP contribution in [0.5, 0.6) is 0 Å². The number of primary amides is 1. The SMILES string of the molecule is CC(C)CC(NC(N)=O)C(=O)N1CCOCC1. The van der Waals surface area contributed by atoms with Crippen molar-refractivity contribution in [1.29, 1.82) is 0 Å². The number of nitrogens with zero attached hydrogens (tertiary/aromatic N) is 1. The summed E-state index contributed by atoms with van der Waals surface area (Å²) in [6.07, 6.45) is 0.596. The van der Waals surface area contributed by atoms with Gasteiger partial charge in [0.05, 0.1) is 13.2 Å². The molecule has 3 N–H and O–H groups in total. The number of carbonyl (C=O) groups excluding carboxylic acids is 2. The Hall–Kier alpha value is -1.30. The smallest absolute Gasteiger partial charge is 0.312 e. The lowest BCUT2D eigenvalue weighted by Crippen LogP contribution is -2.53. The largest absolute Gasteiger partial charge is 0.378 e. The average Bonchev–Trinajstić information content (AvgIpc) is 2.27. The van der Waals surface area contributed by atoms with Gasteiger partial charge in [-0.2, -0.15) is 0 Å². The second-order valence-electron chi connectivity index (χ2n) is 4.63. The van der Waals surface area contributed by atoms with E-state index in [0.29, 0.717) is 38.6 Å². The topological polar surface area (TPSA) is 84.7 Å². The van der Waals surface area contributed by atoms with Gasteiger partial charge in [-0.05, 0) is 12.3 Å². The van der Waals surface area contributed by atoms with E-state index in [9.17, 15) is 9.59 Å². The first-order valence-electron chi connectivity index (χ1n) is 5.93. The summed E-state index contributed by atoms with van der Waals surface area (Å²) in [7, 11) is 0. The van der Waals surface area contributed by atoms with Crippen molar-refractivity contribution in [3.8, 4) is 0 Å². The summed E-state index contributed by atoms with van der Waals surface area (Å²) < 4.78 is 5.19. The number of amides is 3. The molecule has 1 rings (SSSR count). The zero-order chi connectivity index (χ0) is 12.8. The van der Waals surface area contributed by atoms with Crippen LogP contribution in [0, 0.1) is 5.92 Å². The molecule has 0 saturated carbocycles. The molecule has 0 aromatic heterocycles. The van der Waals surface area contributed by atoms with Crippen LogP contribution >= 0.6 is 0 Å². The van der Waals surface area contributed by atoms with Crippen molar-refractivity contribution in [1.82, 2.24) is 10.2 Å². The molecule has 0 bridgehead atoms. The lowest BCUT2D eigenvalue weighted by atomic mass is 10.0. The van der Waals surface area contributed by atoms with Crippen molar-refractivity contribution in [3.05, 3.63) is 0 Å². The first-order chi connectivity index (χ1) is 8.00. The third kappa shape index (κ3) is 4.60. The van der Waals surface area contributed by atoms with E-state index in [-0.39, 0.29) is 5.91 Å². The van der Waals surface area contributed by atoms with Gasteiger partial charge in [0.15, 0.2) is 0 Å². The van der Waals surface area contributed by atoms with E-state index >= 15 is 0 Å². The van der Waals surface area contributed by atoms with Crippen molar-refractivity contribution in [3.63, 3.8) is 0 Å². The molecular formula is C11H21N3O3. The number of morpholine rings is 1. The van der Waals surface area contributed by atoms with Crippen LogP contribution < -0.4 is 11.1 Å². The summed E-state index contributed by atoms with van der Waals surface area (Å²) in [6, 6.07) is -1.18. The lowest BCUT2D eigenvalue weighted by Gasteiger charge is -2.31. The summed E-state index contributed by atoms with van der Waals surface area (Å²) >= 11 is 0. The van der Waals surface area contributed by atoms with E-state index in [4.69, 9.17) is 10.5 Å². The van der Waals surface area contributed by atoms with Gasteiger partial charge in [-0.25, -0.2) is 4.79 Å². The number of carbonyl (C=O) groups is 2. The Morgan fingerprint density at radius 2 is 1.94 bits per heavy atom. The molecule has 98 valence electrons. The minimum absolute atomic E-state index is 0.0687. The Bertz CT molecular complexity index is 275. The molecule has 1 saturated heterocycles. The molecular weight excluding hydrogens is 222 g/mol. The summed E-state index contributed by atoms with van der Waals surface area (Å²) in [5, 5.41) is 2.52. The van der Waals surface area contributed by atoms with Crippen molar-refractivity contribution in [2.24, 2.45) is 11.7 Å². The first kappa shape index (κ1) is 13.8. The van der Waals surface area contributed by atoms with Crippen LogP contribution in [0.3, 0.4) is 0 Å². The van der Waals surface area contributed by atoms with Gasteiger partial charge >= 0.3 is 6.03 Å². The summed E-state index contributed by atoms with van der Waals surface area (Å²) in [6.45, 7) is 6.26.